The van der Waals surface area contributed by atoms with Crippen molar-refractivity contribution in [1.82, 2.24) is 4.31 Å². The lowest BCUT2D eigenvalue weighted by Crippen LogP contribution is -2.34. The highest BCUT2D eigenvalue weighted by molar-refractivity contribution is 7.89. The van der Waals surface area contributed by atoms with Gasteiger partial charge < -0.3 is 5.73 Å². The van der Waals surface area contributed by atoms with Gasteiger partial charge in [-0.05, 0) is 31.0 Å². The number of nitrogens with two attached hydrogens (primary N) is 1. The van der Waals surface area contributed by atoms with Crippen LogP contribution in [-0.2, 0) is 16.4 Å². The molecule has 0 saturated carbocycles. The minimum Gasteiger partial charge on any atom is -0.393 e. The molecule has 1 unspecified atom stereocenters. The first-order valence-corrected chi connectivity index (χ1v) is 7.99. The Morgan fingerprint density at radius 2 is 1.89 bits per heavy atom. The Morgan fingerprint density at radius 1 is 1.37 bits per heavy atom. The van der Waals surface area contributed by atoms with Crippen molar-refractivity contribution in [1.29, 1.82) is 0 Å². The largest absolute Gasteiger partial charge is 0.393 e. The van der Waals surface area contributed by atoms with Crippen LogP contribution in [0.15, 0.2) is 29.2 Å². The number of hydrogen-bond acceptors (Lipinski definition) is 3. The summed E-state index contributed by atoms with van der Waals surface area (Å²) in [5.41, 5.74) is 6.37. The molecule has 0 heterocycles. The lowest BCUT2D eigenvalue weighted by molar-refractivity contribution is 0.380. The van der Waals surface area contributed by atoms with E-state index in [2.05, 4.69) is 0 Å². The van der Waals surface area contributed by atoms with E-state index < -0.39 is 10.0 Å². The Balaban J connectivity index is 3.00. The number of nitrogens with zero attached hydrogens (tertiary/aromatic N) is 1. The van der Waals surface area contributed by atoms with Gasteiger partial charge in [-0.1, -0.05) is 31.3 Å². The molecule has 0 amide bonds. The average molecular weight is 300 g/mol. The number of hydrogen-bond donors (Lipinski definition) is 1. The second-order valence-corrected chi connectivity index (χ2v) is 7.09. The summed E-state index contributed by atoms with van der Waals surface area (Å²) >= 11 is 4.83. The van der Waals surface area contributed by atoms with Crippen molar-refractivity contribution in [3.05, 3.63) is 29.8 Å². The molecule has 19 heavy (non-hydrogen) atoms. The van der Waals surface area contributed by atoms with Gasteiger partial charge in [0.2, 0.25) is 10.0 Å². The molecule has 0 aliphatic carbocycles. The smallest absolute Gasteiger partial charge is 0.243 e. The Morgan fingerprint density at radius 3 is 2.32 bits per heavy atom. The van der Waals surface area contributed by atoms with E-state index >= 15 is 0 Å². The minimum atomic E-state index is -3.43. The zero-order valence-electron chi connectivity index (χ0n) is 11.5. The van der Waals surface area contributed by atoms with Crippen LogP contribution in [0.5, 0.6) is 0 Å². The van der Waals surface area contributed by atoms with E-state index in [1.165, 1.54) is 4.31 Å². The second-order valence-electron chi connectivity index (χ2n) is 4.57. The predicted molar refractivity (Wildman–Crippen MR) is 81.6 cm³/mol. The third-order valence-electron chi connectivity index (χ3n) is 3.19. The lowest BCUT2D eigenvalue weighted by atomic mass is 10.1. The molecule has 0 aliphatic rings. The molecule has 0 bridgehead atoms. The van der Waals surface area contributed by atoms with Crippen molar-refractivity contribution in [2.75, 3.05) is 7.05 Å². The maximum atomic E-state index is 12.3. The van der Waals surface area contributed by atoms with E-state index in [1.54, 1.807) is 31.3 Å². The van der Waals surface area contributed by atoms with Crippen LogP contribution in [0.3, 0.4) is 0 Å². The van der Waals surface area contributed by atoms with E-state index in [4.69, 9.17) is 18.0 Å². The van der Waals surface area contributed by atoms with Crippen molar-refractivity contribution in [3.8, 4) is 0 Å². The molecule has 0 aromatic heterocycles. The van der Waals surface area contributed by atoms with Crippen molar-refractivity contribution in [2.24, 2.45) is 5.73 Å². The molecule has 1 aromatic carbocycles. The maximum absolute atomic E-state index is 12.3. The van der Waals surface area contributed by atoms with E-state index in [1.807, 2.05) is 13.8 Å². The van der Waals surface area contributed by atoms with Crippen LogP contribution in [0.25, 0.3) is 0 Å². The molecule has 1 rings (SSSR count). The van der Waals surface area contributed by atoms with Gasteiger partial charge >= 0.3 is 0 Å². The molecule has 0 saturated heterocycles. The Kier molecular flexibility index (Phi) is 5.46. The van der Waals surface area contributed by atoms with Crippen molar-refractivity contribution < 1.29 is 8.42 Å². The zero-order valence-corrected chi connectivity index (χ0v) is 13.1. The molecule has 4 nitrogen and oxygen atoms in total. The number of benzene rings is 1. The van der Waals surface area contributed by atoms with Crippen LogP contribution < -0.4 is 5.73 Å². The van der Waals surface area contributed by atoms with E-state index in [-0.39, 0.29) is 6.04 Å². The van der Waals surface area contributed by atoms with E-state index in [0.29, 0.717) is 16.3 Å². The van der Waals surface area contributed by atoms with Crippen LogP contribution in [0.4, 0.5) is 0 Å². The molecule has 0 fully saturated rings. The summed E-state index contributed by atoms with van der Waals surface area (Å²) in [6, 6.07) is 6.66. The minimum absolute atomic E-state index is 0.0266. The van der Waals surface area contributed by atoms with Gasteiger partial charge in [-0.15, -0.1) is 0 Å². The summed E-state index contributed by atoms with van der Waals surface area (Å²) in [5, 5.41) is 0. The van der Waals surface area contributed by atoms with Gasteiger partial charge in [0.25, 0.3) is 0 Å². The van der Waals surface area contributed by atoms with Gasteiger partial charge in [0.15, 0.2) is 0 Å². The molecule has 0 radical (unpaired) electrons. The van der Waals surface area contributed by atoms with Gasteiger partial charge in [-0.3, -0.25) is 0 Å². The normalized spacial score (nSPS) is 13.5. The summed E-state index contributed by atoms with van der Waals surface area (Å²) in [7, 11) is -1.82. The SMILES string of the molecule is CCC(C)N(C)S(=O)(=O)c1ccc(CC(N)=S)cc1. The summed E-state index contributed by atoms with van der Waals surface area (Å²) in [5.74, 6) is 0. The third-order valence-corrected chi connectivity index (χ3v) is 5.32. The summed E-state index contributed by atoms with van der Waals surface area (Å²) in [4.78, 5) is 0.689. The number of rotatable bonds is 6. The van der Waals surface area contributed by atoms with Crippen LogP contribution in [0.1, 0.15) is 25.8 Å². The molecular formula is C13H20N2O2S2. The first-order valence-electron chi connectivity index (χ1n) is 6.14. The maximum Gasteiger partial charge on any atom is 0.243 e. The fourth-order valence-electron chi connectivity index (χ4n) is 1.64. The zero-order chi connectivity index (χ0) is 14.6. The first kappa shape index (κ1) is 16.1. The van der Waals surface area contributed by atoms with Crippen LogP contribution in [0.2, 0.25) is 0 Å². The van der Waals surface area contributed by atoms with E-state index in [0.717, 1.165) is 12.0 Å². The standard InChI is InChI=1S/C13H20N2O2S2/c1-4-10(2)15(3)19(16,17)12-7-5-11(6-8-12)9-13(14)18/h5-8,10H,4,9H2,1-3H3,(H2,14,18). The number of thiocarbonyl (C=S) groups is 1. The number of sulfonamides is 1. The van der Waals surface area contributed by atoms with Crippen LogP contribution in [-0.4, -0.2) is 30.8 Å². The topological polar surface area (TPSA) is 63.4 Å². The summed E-state index contributed by atoms with van der Waals surface area (Å²) in [6.07, 6.45) is 1.26. The first-order chi connectivity index (χ1) is 8.78. The molecule has 2 N–H and O–H groups in total. The van der Waals surface area contributed by atoms with Gasteiger partial charge in [0, 0.05) is 19.5 Å². The average Bonchev–Trinajstić information content (AvgIpc) is 2.36. The second kappa shape index (κ2) is 6.45. The summed E-state index contributed by atoms with van der Waals surface area (Å²) < 4.78 is 26.1. The Labute approximate surface area is 120 Å². The Hall–Kier alpha value is -0.980. The monoisotopic (exact) mass is 300 g/mol. The molecule has 1 atom stereocenters. The van der Waals surface area contributed by atoms with E-state index in [9.17, 15) is 8.42 Å². The third kappa shape index (κ3) is 3.99. The Bertz CT molecular complexity index is 538. The highest BCUT2D eigenvalue weighted by atomic mass is 32.2. The molecule has 0 spiro atoms. The van der Waals surface area contributed by atoms with Crippen molar-refractivity contribution in [3.63, 3.8) is 0 Å². The van der Waals surface area contributed by atoms with Crippen molar-refractivity contribution >= 4 is 27.2 Å². The molecule has 6 heteroatoms. The highest BCUT2D eigenvalue weighted by Crippen LogP contribution is 2.18. The highest BCUT2D eigenvalue weighted by Gasteiger charge is 2.24. The quantitative estimate of drug-likeness (QED) is 0.816. The van der Waals surface area contributed by atoms with Crippen LogP contribution >= 0.6 is 12.2 Å². The van der Waals surface area contributed by atoms with Gasteiger partial charge in [0.05, 0.1) is 9.88 Å². The van der Waals surface area contributed by atoms with Crippen LogP contribution in [0, 0.1) is 0 Å². The lowest BCUT2D eigenvalue weighted by Gasteiger charge is -2.23. The summed E-state index contributed by atoms with van der Waals surface area (Å²) in [6.45, 7) is 3.85. The fourth-order valence-corrected chi connectivity index (χ4v) is 3.24. The molecule has 1 aromatic rings. The van der Waals surface area contributed by atoms with Gasteiger partial charge in [-0.2, -0.15) is 4.31 Å². The predicted octanol–water partition coefficient (Wildman–Crippen LogP) is 1.93. The molecular weight excluding hydrogens is 280 g/mol. The fraction of sp³-hybridized carbons (Fsp3) is 0.462. The van der Waals surface area contributed by atoms with Crippen molar-refractivity contribution in [2.45, 2.75) is 37.6 Å². The van der Waals surface area contributed by atoms with Gasteiger partial charge in [-0.25, -0.2) is 8.42 Å². The van der Waals surface area contributed by atoms with Gasteiger partial charge in [0.1, 0.15) is 0 Å². The molecule has 106 valence electrons. The molecule has 0 aliphatic heterocycles.